The van der Waals surface area contributed by atoms with Crippen molar-refractivity contribution < 1.29 is 19.7 Å². The van der Waals surface area contributed by atoms with Gasteiger partial charge in [-0.1, -0.05) is 79.7 Å². The number of benzene rings is 3. The molecule has 1 aliphatic carbocycles. The van der Waals surface area contributed by atoms with Crippen LogP contribution < -0.4 is 5.32 Å². The lowest BCUT2D eigenvalue weighted by molar-refractivity contribution is 0.0136. The maximum Gasteiger partial charge on any atom is 0.407 e. The third kappa shape index (κ3) is 4.69. The number of nitrogens with one attached hydrogen (secondary N) is 1. The summed E-state index contributed by atoms with van der Waals surface area (Å²) in [6.07, 6.45) is -1.36. The van der Waals surface area contributed by atoms with Gasteiger partial charge >= 0.3 is 6.09 Å². The van der Waals surface area contributed by atoms with Crippen LogP contribution in [-0.2, 0) is 11.2 Å². The highest BCUT2D eigenvalue weighted by atomic mass is 16.5. The number of hydrogen-bond acceptors (Lipinski definition) is 4. The lowest BCUT2D eigenvalue weighted by Gasteiger charge is -2.19. The summed E-state index contributed by atoms with van der Waals surface area (Å²) in [6.45, 7) is 2.52. The molecule has 0 spiro atoms. The van der Waals surface area contributed by atoms with Gasteiger partial charge in [-0.3, -0.25) is 0 Å². The smallest absolute Gasteiger partial charge is 0.407 e. The molecule has 166 valence electrons. The van der Waals surface area contributed by atoms with Crippen molar-refractivity contribution in [3.63, 3.8) is 0 Å². The summed E-state index contributed by atoms with van der Waals surface area (Å²) in [6, 6.07) is 23.9. The fourth-order valence-corrected chi connectivity index (χ4v) is 4.30. The molecule has 1 aliphatic rings. The van der Waals surface area contributed by atoms with Gasteiger partial charge < -0.3 is 20.3 Å². The molecule has 3 N–H and O–H groups in total. The van der Waals surface area contributed by atoms with Crippen LogP contribution in [0.25, 0.3) is 11.1 Å². The van der Waals surface area contributed by atoms with Crippen molar-refractivity contribution in [1.29, 1.82) is 0 Å². The van der Waals surface area contributed by atoms with Crippen LogP contribution in [0.4, 0.5) is 4.79 Å². The first-order valence-electron chi connectivity index (χ1n) is 11.1. The molecule has 0 radical (unpaired) electrons. The molecule has 5 nitrogen and oxygen atoms in total. The molecule has 0 heterocycles. The summed E-state index contributed by atoms with van der Waals surface area (Å²) in [5, 5.41) is 23.3. The molecule has 0 aromatic heterocycles. The molecule has 5 heteroatoms. The molecule has 32 heavy (non-hydrogen) atoms. The normalized spacial score (nSPS) is 14.3. The Hall–Kier alpha value is -3.15. The van der Waals surface area contributed by atoms with E-state index in [4.69, 9.17) is 4.74 Å². The second kappa shape index (κ2) is 9.98. The fraction of sp³-hybridized carbons (Fsp3) is 0.296. The molecule has 0 bridgehead atoms. The number of carbonyl (C=O) groups is 1. The van der Waals surface area contributed by atoms with Crippen molar-refractivity contribution in [2.24, 2.45) is 0 Å². The Morgan fingerprint density at radius 2 is 1.53 bits per heavy atom. The van der Waals surface area contributed by atoms with Crippen molar-refractivity contribution in [2.45, 2.75) is 37.9 Å². The zero-order valence-corrected chi connectivity index (χ0v) is 18.2. The van der Waals surface area contributed by atoms with Crippen LogP contribution in [0.15, 0.2) is 72.8 Å². The minimum absolute atomic E-state index is 0.00616. The van der Waals surface area contributed by atoms with Crippen LogP contribution in [0, 0.1) is 0 Å². The topological polar surface area (TPSA) is 78.8 Å². The predicted molar refractivity (Wildman–Crippen MR) is 124 cm³/mol. The van der Waals surface area contributed by atoms with Crippen LogP contribution in [0.1, 0.15) is 47.6 Å². The average molecular weight is 432 g/mol. The van der Waals surface area contributed by atoms with E-state index < -0.39 is 18.3 Å². The highest BCUT2D eigenvalue weighted by Crippen LogP contribution is 2.44. The highest BCUT2D eigenvalue weighted by molar-refractivity contribution is 5.79. The van der Waals surface area contributed by atoms with E-state index in [1.807, 2.05) is 48.5 Å². The number of aliphatic hydroxyl groups is 2. The predicted octanol–water partition coefficient (Wildman–Crippen LogP) is 4.57. The van der Waals surface area contributed by atoms with Crippen LogP contribution >= 0.6 is 0 Å². The first-order chi connectivity index (χ1) is 15.6. The quantitative estimate of drug-likeness (QED) is 0.488. The maximum atomic E-state index is 12.2. The number of ether oxygens (including phenoxy) is 1. The molecule has 3 aromatic carbocycles. The van der Waals surface area contributed by atoms with Crippen LogP contribution in [0.3, 0.4) is 0 Å². The third-order valence-corrected chi connectivity index (χ3v) is 6.15. The van der Waals surface area contributed by atoms with Gasteiger partial charge in [-0.2, -0.15) is 0 Å². The molecule has 2 atom stereocenters. The van der Waals surface area contributed by atoms with Crippen molar-refractivity contribution in [2.75, 3.05) is 13.2 Å². The summed E-state index contributed by atoms with van der Waals surface area (Å²) < 4.78 is 5.50. The number of aryl methyl sites for hydroxylation is 1. The summed E-state index contributed by atoms with van der Waals surface area (Å²) in [4.78, 5) is 12.2. The van der Waals surface area contributed by atoms with Gasteiger partial charge in [0.2, 0.25) is 0 Å². The third-order valence-electron chi connectivity index (χ3n) is 6.15. The number of carbonyl (C=O) groups excluding carboxylic acids is 1. The Kier molecular flexibility index (Phi) is 6.88. The van der Waals surface area contributed by atoms with Gasteiger partial charge in [0.05, 0.1) is 6.10 Å². The first kappa shape index (κ1) is 22.1. The van der Waals surface area contributed by atoms with Gasteiger partial charge in [0, 0.05) is 12.5 Å². The minimum atomic E-state index is -0.995. The number of amides is 1. The molecule has 0 saturated carbocycles. The van der Waals surface area contributed by atoms with E-state index in [0.717, 1.165) is 17.5 Å². The van der Waals surface area contributed by atoms with E-state index in [0.29, 0.717) is 5.56 Å². The second-order valence-corrected chi connectivity index (χ2v) is 8.15. The van der Waals surface area contributed by atoms with E-state index >= 15 is 0 Å². The summed E-state index contributed by atoms with van der Waals surface area (Å²) in [5.41, 5.74) is 6.52. The van der Waals surface area contributed by atoms with Gasteiger partial charge in [0.25, 0.3) is 0 Å². The van der Waals surface area contributed by atoms with E-state index in [-0.39, 0.29) is 25.5 Å². The van der Waals surface area contributed by atoms with E-state index in [2.05, 4.69) is 36.5 Å². The van der Waals surface area contributed by atoms with Crippen molar-refractivity contribution >= 4 is 6.09 Å². The van der Waals surface area contributed by atoms with Gasteiger partial charge in [-0.15, -0.1) is 0 Å². The summed E-state index contributed by atoms with van der Waals surface area (Å²) in [5.74, 6) is 0.00616. The van der Waals surface area contributed by atoms with Crippen molar-refractivity contribution in [3.05, 3.63) is 95.1 Å². The Morgan fingerprint density at radius 1 is 0.938 bits per heavy atom. The fourth-order valence-electron chi connectivity index (χ4n) is 4.30. The number of alkyl carbamates (subject to hydrolysis) is 1. The number of rotatable bonds is 8. The van der Waals surface area contributed by atoms with Gasteiger partial charge in [-0.05, 0) is 46.2 Å². The van der Waals surface area contributed by atoms with Crippen molar-refractivity contribution in [1.82, 2.24) is 5.32 Å². The summed E-state index contributed by atoms with van der Waals surface area (Å²) in [7, 11) is 0. The SMILES string of the molecule is CCc1ccc(C(O)C(O)CCNC(=O)OCC2c3ccccc3-c3ccccc32)cc1. The second-order valence-electron chi connectivity index (χ2n) is 8.15. The number of aliphatic hydroxyl groups excluding tert-OH is 2. The average Bonchev–Trinajstić information content (AvgIpc) is 3.16. The zero-order valence-electron chi connectivity index (χ0n) is 18.2. The van der Waals surface area contributed by atoms with Gasteiger partial charge in [0.15, 0.2) is 0 Å². The summed E-state index contributed by atoms with van der Waals surface area (Å²) >= 11 is 0. The number of fused-ring (bicyclic) bond motifs is 3. The standard InChI is InChI=1S/C27H29NO4/c1-2-18-11-13-19(14-12-18)26(30)25(29)15-16-28-27(31)32-17-24-22-9-5-3-7-20(22)21-8-4-6-10-23(21)24/h3-14,24-26,29-30H,2,15-17H2,1H3,(H,28,31). The minimum Gasteiger partial charge on any atom is -0.449 e. The Bertz CT molecular complexity index is 1020. The van der Waals surface area contributed by atoms with E-state index in [1.54, 1.807) is 0 Å². The van der Waals surface area contributed by atoms with Crippen molar-refractivity contribution in [3.8, 4) is 11.1 Å². The Balaban J connectivity index is 1.27. The monoisotopic (exact) mass is 431 g/mol. The van der Waals surface area contributed by atoms with Crippen LogP contribution in [-0.4, -0.2) is 35.6 Å². The Morgan fingerprint density at radius 3 is 2.12 bits per heavy atom. The lowest BCUT2D eigenvalue weighted by Crippen LogP contribution is -2.30. The first-order valence-corrected chi connectivity index (χ1v) is 11.1. The van der Waals surface area contributed by atoms with Crippen LogP contribution in [0.2, 0.25) is 0 Å². The van der Waals surface area contributed by atoms with E-state index in [1.165, 1.54) is 16.7 Å². The highest BCUT2D eigenvalue weighted by Gasteiger charge is 2.29. The molecule has 3 aromatic rings. The molecule has 0 aliphatic heterocycles. The molecule has 2 unspecified atom stereocenters. The molecular weight excluding hydrogens is 402 g/mol. The lowest BCUT2D eigenvalue weighted by atomic mass is 9.98. The molecule has 0 fully saturated rings. The molecule has 0 saturated heterocycles. The molecule has 4 rings (SSSR count). The van der Waals surface area contributed by atoms with Crippen LogP contribution in [0.5, 0.6) is 0 Å². The zero-order chi connectivity index (χ0) is 22.5. The van der Waals surface area contributed by atoms with E-state index in [9.17, 15) is 15.0 Å². The Labute approximate surface area is 188 Å². The van der Waals surface area contributed by atoms with Gasteiger partial charge in [-0.25, -0.2) is 4.79 Å². The largest absolute Gasteiger partial charge is 0.449 e. The maximum absolute atomic E-state index is 12.2. The van der Waals surface area contributed by atoms with Gasteiger partial charge in [0.1, 0.15) is 12.7 Å². The molecular formula is C27H29NO4. The molecule has 1 amide bonds. The number of hydrogen-bond donors (Lipinski definition) is 3.